The first-order valence-corrected chi connectivity index (χ1v) is 9.37. The van der Waals surface area contributed by atoms with Gasteiger partial charge in [-0.3, -0.25) is 0 Å². The van der Waals surface area contributed by atoms with Crippen LogP contribution in [0.4, 0.5) is 18.3 Å². The van der Waals surface area contributed by atoms with Crippen LogP contribution in [0.5, 0.6) is 0 Å². The van der Waals surface area contributed by atoms with Crippen LogP contribution in [-0.2, 0) is 16.2 Å². The number of aromatic nitrogens is 2. The van der Waals surface area contributed by atoms with Crippen molar-refractivity contribution in [1.29, 1.82) is 0 Å². The zero-order valence-electron chi connectivity index (χ0n) is 13.2. The number of hydrogen-bond donors (Lipinski definition) is 2. The lowest BCUT2D eigenvalue weighted by atomic mass is 10.2. The van der Waals surface area contributed by atoms with Gasteiger partial charge in [0, 0.05) is 13.1 Å². The highest BCUT2D eigenvalue weighted by atomic mass is 32.2. The normalized spacial score (nSPS) is 13.3. The molecule has 1 rings (SSSR count). The molecule has 6 nitrogen and oxygen atoms in total. The highest BCUT2D eigenvalue weighted by Crippen LogP contribution is 2.32. The summed E-state index contributed by atoms with van der Waals surface area (Å²) in [6.45, 7) is 5.67. The molecule has 0 atom stereocenters. The van der Waals surface area contributed by atoms with Crippen LogP contribution in [-0.4, -0.2) is 36.5 Å². The molecule has 0 saturated heterocycles. The van der Waals surface area contributed by atoms with Gasteiger partial charge < -0.3 is 5.32 Å². The molecule has 0 aromatic carbocycles. The molecule has 0 radical (unpaired) electrons. The monoisotopic (exact) mass is 374 g/mol. The van der Waals surface area contributed by atoms with Crippen LogP contribution >= 0.6 is 11.3 Å². The Morgan fingerprint density at radius 1 is 1.04 bits per heavy atom. The maximum atomic E-state index is 12.3. The third kappa shape index (κ3) is 6.60. The lowest BCUT2D eigenvalue weighted by molar-refractivity contribution is -0.138. The average molecular weight is 374 g/mol. The summed E-state index contributed by atoms with van der Waals surface area (Å²) >= 11 is 0.464. The summed E-state index contributed by atoms with van der Waals surface area (Å²) in [4.78, 5) is 0. The van der Waals surface area contributed by atoms with Crippen molar-refractivity contribution in [3.05, 3.63) is 5.01 Å². The van der Waals surface area contributed by atoms with Gasteiger partial charge in [0.15, 0.2) is 0 Å². The highest BCUT2D eigenvalue weighted by Gasteiger charge is 2.35. The lowest BCUT2D eigenvalue weighted by Crippen LogP contribution is -2.39. The van der Waals surface area contributed by atoms with E-state index in [1.165, 1.54) is 0 Å². The lowest BCUT2D eigenvalue weighted by Gasteiger charge is -2.19. The van der Waals surface area contributed by atoms with Crippen LogP contribution in [0.3, 0.4) is 0 Å². The maximum absolute atomic E-state index is 12.3. The predicted molar refractivity (Wildman–Crippen MR) is 83.9 cm³/mol. The molecule has 0 aliphatic heterocycles. The molecule has 0 fully saturated rings. The molecule has 23 heavy (non-hydrogen) atoms. The van der Waals surface area contributed by atoms with Crippen molar-refractivity contribution in [2.24, 2.45) is 0 Å². The summed E-state index contributed by atoms with van der Waals surface area (Å²) in [5.41, 5.74) is 0. The third-order valence-electron chi connectivity index (χ3n) is 2.90. The molecule has 0 bridgehead atoms. The molecule has 0 unspecified atom stereocenters. The summed E-state index contributed by atoms with van der Waals surface area (Å²) in [6, 6.07) is 0. The van der Waals surface area contributed by atoms with Gasteiger partial charge in [0.1, 0.15) is 0 Å². The molecule has 2 N–H and O–H groups in total. The van der Waals surface area contributed by atoms with Crippen LogP contribution in [0, 0.1) is 0 Å². The number of unbranched alkanes of at least 4 members (excludes halogenated alkanes) is 2. The fourth-order valence-corrected chi connectivity index (χ4v) is 2.94. The summed E-state index contributed by atoms with van der Waals surface area (Å²) < 4.78 is 62.2. The van der Waals surface area contributed by atoms with E-state index < -0.39 is 26.0 Å². The van der Waals surface area contributed by atoms with Gasteiger partial charge in [0.05, 0.1) is 4.75 Å². The first kappa shape index (κ1) is 20.1. The Bertz CT molecular complexity index is 594. The van der Waals surface area contributed by atoms with Gasteiger partial charge in [-0.25, -0.2) is 13.1 Å². The quantitative estimate of drug-likeness (QED) is 0.684. The molecule has 0 spiro atoms. The summed E-state index contributed by atoms with van der Waals surface area (Å²) in [5, 5.41) is 8.42. The van der Waals surface area contributed by atoms with Crippen molar-refractivity contribution in [3.8, 4) is 0 Å². The van der Waals surface area contributed by atoms with E-state index in [4.69, 9.17) is 0 Å². The Hall–Kier alpha value is -0.940. The predicted octanol–water partition coefficient (Wildman–Crippen LogP) is 2.86. The zero-order chi connectivity index (χ0) is 17.7. The van der Waals surface area contributed by atoms with E-state index in [2.05, 4.69) is 20.2 Å². The Morgan fingerprint density at radius 2 is 1.65 bits per heavy atom. The van der Waals surface area contributed by atoms with E-state index in [0.29, 0.717) is 37.3 Å². The van der Waals surface area contributed by atoms with E-state index in [0.717, 1.165) is 6.42 Å². The molecule has 0 saturated carbocycles. The molecule has 0 amide bonds. The SMILES string of the molecule is CC(C)(C)S(=O)(=O)NCCCCCNc1nnc(C(F)(F)F)s1. The van der Waals surface area contributed by atoms with Crippen LogP contribution < -0.4 is 10.0 Å². The molecule has 11 heteroatoms. The summed E-state index contributed by atoms with van der Waals surface area (Å²) in [6.07, 6.45) is -2.38. The summed E-state index contributed by atoms with van der Waals surface area (Å²) in [5.74, 6) is 0. The first-order valence-electron chi connectivity index (χ1n) is 7.07. The minimum atomic E-state index is -4.47. The van der Waals surface area contributed by atoms with Crippen molar-refractivity contribution >= 4 is 26.5 Å². The molecule has 134 valence electrons. The first-order chi connectivity index (χ1) is 10.4. The second kappa shape index (κ2) is 7.75. The van der Waals surface area contributed by atoms with Gasteiger partial charge in [-0.2, -0.15) is 13.2 Å². The van der Waals surface area contributed by atoms with Crippen molar-refractivity contribution in [3.63, 3.8) is 0 Å². The van der Waals surface area contributed by atoms with E-state index in [1.54, 1.807) is 20.8 Å². The minimum absolute atomic E-state index is 0.130. The fourth-order valence-electron chi connectivity index (χ4n) is 1.45. The highest BCUT2D eigenvalue weighted by molar-refractivity contribution is 7.90. The Kier molecular flexibility index (Phi) is 6.78. The van der Waals surface area contributed by atoms with Crippen LogP contribution in [0.2, 0.25) is 0 Å². The number of nitrogens with zero attached hydrogens (tertiary/aromatic N) is 2. The van der Waals surface area contributed by atoms with E-state index in [9.17, 15) is 21.6 Å². The topological polar surface area (TPSA) is 84.0 Å². The second-order valence-electron chi connectivity index (χ2n) is 5.91. The van der Waals surface area contributed by atoms with Gasteiger partial charge in [0.25, 0.3) is 0 Å². The van der Waals surface area contributed by atoms with Gasteiger partial charge >= 0.3 is 6.18 Å². The third-order valence-corrected chi connectivity index (χ3v) is 6.02. The molecule has 1 aromatic heterocycles. The molecule has 0 aliphatic carbocycles. The molecular weight excluding hydrogens is 353 g/mol. The Balaban J connectivity index is 2.18. The Morgan fingerprint density at radius 3 is 2.17 bits per heavy atom. The number of sulfonamides is 1. The average Bonchev–Trinajstić information content (AvgIpc) is 2.84. The molecule has 0 aliphatic rings. The van der Waals surface area contributed by atoms with Crippen molar-refractivity contribution in [2.75, 3.05) is 18.4 Å². The Labute approximate surface area is 137 Å². The maximum Gasteiger partial charge on any atom is 0.445 e. The fraction of sp³-hybridized carbons (Fsp3) is 0.833. The molecule has 1 aromatic rings. The zero-order valence-corrected chi connectivity index (χ0v) is 14.8. The van der Waals surface area contributed by atoms with Gasteiger partial charge in [0.2, 0.25) is 20.2 Å². The van der Waals surface area contributed by atoms with Gasteiger partial charge in [-0.05, 0) is 33.6 Å². The largest absolute Gasteiger partial charge is 0.445 e. The van der Waals surface area contributed by atoms with Crippen LogP contribution in [0.15, 0.2) is 0 Å². The van der Waals surface area contributed by atoms with Crippen molar-refractivity contribution in [1.82, 2.24) is 14.9 Å². The molecule has 1 heterocycles. The number of halogens is 3. The number of nitrogens with one attached hydrogen (secondary N) is 2. The van der Waals surface area contributed by atoms with Crippen molar-refractivity contribution in [2.45, 2.75) is 51.0 Å². The van der Waals surface area contributed by atoms with E-state index in [1.807, 2.05) is 0 Å². The molecular formula is C12H21F3N4O2S2. The number of hydrogen-bond acceptors (Lipinski definition) is 6. The second-order valence-corrected chi connectivity index (χ2v) is 9.41. The smallest absolute Gasteiger partial charge is 0.360 e. The van der Waals surface area contributed by atoms with E-state index >= 15 is 0 Å². The van der Waals surface area contributed by atoms with Gasteiger partial charge in [-0.1, -0.05) is 17.8 Å². The standard InChI is InChI=1S/C12H21F3N4O2S2/c1-11(2,3)23(20,21)17-8-6-4-5-7-16-10-19-18-9(22-10)12(13,14)15/h17H,4-8H2,1-3H3,(H,16,19). The van der Waals surface area contributed by atoms with Crippen LogP contribution in [0.25, 0.3) is 0 Å². The minimum Gasteiger partial charge on any atom is -0.360 e. The van der Waals surface area contributed by atoms with E-state index in [-0.39, 0.29) is 5.13 Å². The number of anilines is 1. The van der Waals surface area contributed by atoms with Crippen LogP contribution in [0.1, 0.15) is 45.0 Å². The van der Waals surface area contributed by atoms with Gasteiger partial charge in [-0.15, -0.1) is 10.2 Å². The summed E-state index contributed by atoms with van der Waals surface area (Å²) in [7, 11) is -3.33. The van der Waals surface area contributed by atoms with Crippen molar-refractivity contribution < 1.29 is 21.6 Å². The number of rotatable bonds is 8. The number of alkyl halides is 3.